The van der Waals surface area contributed by atoms with Crippen LogP contribution in [0.4, 0.5) is 0 Å². The van der Waals surface area contributed by atoms with Crippen LogP contribution in [0.5, 0.6) is 5.75 Å². The zero-order valence-electron chi connectivity index (χ0n) is 11.9. The van der Waals surface area contributed by atoms with Crippen molar-refractivity contribution in [3.05, 3.63) is 29.3 Å². The lowest BCUT2D eigenvalue weighted by Crippen LogP contribution is -2.43. The summed E-state index contributed by atoms with van der Waals surface area (Å²) in [6, 6.07) is 6.29. The molecule has 0 bridgehead atoms. The van der Waals surface area contributed by atoms with Gasteiger partial charge in [-0.25, -0.2) is 0 Å². The van der Waals surface area contributed by atoms with Gasteiger partial charge in [0.05, 0.1) is 18.7 Å². The first-order valence-corrected chi connectivity index (χ1v) is 7.58. The second-order valence-corrected chi connectivity index (χ2v) is 5.54. The maximum absolute atomic E-state index is 12.3. The molecule has 1 aromatic carbocycles. The van der Waals surface area contributed by atoms with Crippen molar-refractivity contribution in [2.24, 2.45) is 0 Å². The highest BCUT2D eigenvalue weighted by molar-refractivity contribution is 5.82. The van der Waals surface area contributed by atoms with E-state index < -0.39 is 0 Å². The van der Waals surface area contributed by atoms with Gasteiger partial charge in [0.15, 0.2) is 0 Å². The Morgan fingerprint density at radius 2 is 2.35 bits per heavy atom. The standard InChI is InChI=1S/C16H22N2O2/c1-2-11-5-3-6-12-13(8-10-20-15(11)12)18-16(19)14-7-4-9-17-14/h3,5-6,13-14,17H,2,4,7-10H2,1H3,(H,18,19). The first-order chi connectivity index (χ1) is 9.79. The molecule has 0 aliphatic carbocycles. The lowest BCUT2D eigenvalue weighted by molar-refractivity contribution is -0.123. The van der Waals surface area contributed by atoms with Crippen LogP contribution in [-0.2, 0) is 11.2 Å². The Hall–Kier alpha value is -1.55. The van der Waals surface area contributed by atoms with Crippen LogP contribution in [0.2, 0.25) is 0 Å². The molecule has 1 amide bonds. The average molecular weight is 274 g/mol. The van der Waals surface area contributed by atoms with Gasteiger partial charge in [0, 0.05) is 12.0 Å². The van der Waals surface area contributed by atoms with Gasteiger partial charge in [-0.1, -0.05) is 25.1 Å². The Bertz CT molecular complexity index is 495. The molecule has 4 heteroatoms. The predicted molar refractivity (Wildman–Crippen MR) is 77.8 cm³/mol. The number of benzene rings is 1. The second kappa shape index (κ2) is 5.83. The van der Waals surface area contributed by atoms with E-state index in [1.165, 1.54) is 5.56 Å². The van der Waals surface area contributed by atoms with E-state index in [9.17, 15) is 4.79 Å². The van der Waals surface area contributed by atoms with Gasteiger partial charge in [0.25, 0.3) is 0 Å². The highest BCUT2D eigenvalue weighted by Crippen LogP contribution is 2.35. The molecule has 0 saturated carbocycles. The molecule has 0 radical (unpaired) electrons. The summed E-state index contributed by atoms with van der Waals surface area (Å²) in [6.45, 7) is 3.75. The topological polar surface area (TPSA) is 50.4 Å². The van der Waals surface area contributed by atoms with Crippen molar-refractivity contribution in [1.82, 2.24) is 10.6 Å². The Morgan fingerprint density at radius 3 is 3.10 bits per heavy atom. The first-order valence-electron chi connectivity index (χ1n) is 7.58. The molecule has 2 atom stereocenters. The SMILES string of the molecule is CCc1cccc2c1OCCC2NC(=O)C1CCCN1. The minimum absolute atomic E-state index is 0.0179. The van der Waals surface area contributed by atoms with Crippen molar-refractivity contribution in [3.63, 3.8) is 0 Å². The average Bonchev–Trinajstić information content (AvgIpc) is 3.01. The number of ether oxygens (including phenoxy) is 1. The molecule has 4 nitrogen and oxygen atoms in total. The zero-order chi connectivity index (χ0) is 13.9. The predicted octanol–water partition coefficient (Wildman–Crippen LogP) is 1.94. The van der Waals surface area contributed by atoms with Gasteiger partial charge in [0.2, 0.25) is 5.91 Å². The zero-order valence-corrected chi connectivity index (χ0v) is 11.9. The summed E-state index contributed by atoms with van der Waals surface area (Å²) in [5, 5.41) is 6.44. The summed E-state index contributed by atoms with van der Waals surface area (Å²) < 4.78 is 5.82. The van der Waals surface area contributed by atoms with Gasteiger partial charge in [-0.05, 0) is 31.4 Å². The number of hydrogen-bond donors (Lipinski definition) is 2. The Kier molecular flexibility index (Phi) is 3.92. The van der Waals surface area contributed by atoms with Crippen molar-refractivity contribution < 1.29 is 9.53 Å². The van der Waals surface area contributed by atoms with Crippen LogP contribution in [0.3, 0.4) is 0 Å². The number of carbonyl (C=O) groups excluding carboxylic acids is 1. The number of hydrogen-bond acceptors (Lipinski definition) is 3. The van der Waals surface area contributed by atoms with E-state index in [1.807, 2.05) is 0 Å². The molecule has 20 heavy (non-hydrogen) atoms. The third-order valence-corrected chi connectivity index (χ3v) is 4.23. The number of para-hydroxylation sites is 1. The summed E-state index contributed by atoms with van der Waals surface area (Å²) in [7, 11) is 0. The van der Waals surface area contributed by atoms with Crippen molar-refractivity contribution in [2.45, 2.75) is 44.7 Å². The fourth-order valence-electron chi connectivity index (χ4n) is 3.10. The smallest absolute Gasteiger partial charge is 0.237 e. The van der Waals surface area contributed by atoms with Gasteiger partial charge in [-0.3, -0.25) is 4.79 Å². The molecule has 1 fully saturated rings. The Labute approximate surface area is 119 Å². The molecular formula is C16H22N2O2. The summed E-state index contributed by atoms with van der Waals surface area (Å²) in [5.74, 6) is 1.10. The lowest BCUT2D eigenvalue weighted by Gasteiger charge is -2.29. The normalized spacial score (nSPS) is 24.9. The Balaban J connectivity index is 1.77. The maximum Gasteiger partial charge on any atom is 0.237 e. The Morgan fingerprint density at radius 1 is 1.45 bits per heavy atom. The van der Waals surface area contributed by atoms with Gasteiger partial charge < -0.3 is 15.4 Å². The van der Waals surface area contributed by atoms with Gasteiger partial charge >= 0.3 is 0 Å². The van der Waals surface area contributed by atoms with Crippen LogP contribution >= 0.6 is 0 Å². The first kappa shape index (κ1) is 13.4. The molecule has 0 aromatic heterocycles. The number of rotatable bonds is 3. The molecule has 2 N–H and O–H groups in total. The van der Waals surface area contributed by atoms with Crippen molar-refractivity contribution >= 4 is 5.91 Å². The number of nitrogens with one attached hydrogen (secondary N) is 2. The molecule has 3 rings (SSSR count). The summed E-state index contributed by atoms with van der Waals surface area (Å²) in [4.78, 5) is 12.3. The van der Waals surface area contributed by atoms with E-state index >= 15 is 0 Å². The third kappa shape index (κ3) is 2.52. The minimum atomic E-state index is -0.0179. The molecule has 1 saturated heterocycles. The third-order valence-electron chi connectivity index (χ3n) is 4.23. The van der Waals surface area contributed by atoms with Gasteiger partial charge in [-0.2, -0.15) is 0 Å². The van der Waals surface area contributed by atoms with E-state index in [0.717, 1.165) is 43.5 Å². The molecule has 2 heterocycles. The van der Waals surface area contributed by atoms with Crippen LogP contribution in [-0.4, -0.2) is 25.1 Å². The quantitative estimate of drug-likeness (QED) is 0.885. The number of amides is 1. The molecular weight excluding hydrogens is 252 g/mol. The van der Waals surface area contributed by atoms with Crippen LogP contribution in [0.15, 0.2) is 18.2 Å². The minimum Gasteiger partial charge on any atom is -0.493 e. The van der Waals surface area contributed by atoms with E-state index in [0.29, 0.717) is 6.61 Å². The van der Waals surface area contributed by atoms with E-state index in [2.05, 4.69) is 35.8 Å². The molecule has 2 aliphatic heterocycles. The van der Waals surface area contributed by atoms with E-state index in [4.69, 9.17) is 4.74 Å². The van der Waals surface area contributed by atoms with Crippen LogP contribution in [0, 0.1) is 0 Å². The van der Waals surface area contributed by atoms with Crippen molar-refractivity contribution in [3.8, 4) is 5.75 Å². The monoisotopic (exact) mass is 274 g/mol. The van der Waals surface area contributed by atoms with Gasteiger partial charge in [0.1, 0.15) is 5.75 Å². The summed E-state index contributed by atoms with van der Waals surface area (Å²) in [5.41, 5.74) is 2.35. The van der Waals surface area contributed by atoms with Crippen molar-refractivity contribution in [2.75, 3.05) is 13.2 Å². The number of carbonyl (C=O) groups is 1. The number of fused-ring (bicyclic) bond motifs is 1. The fourth-order valence-corrected chi connectivity index (χ4v) is 3.10. The van der Waals surface area contributed by atoms with Crippen LogP contribution in [0.1, 0.15) is 43.4 Å². The molecule has 1 aromatic rings. The van der Waals surface area contributed by atoms with Gasteiger partial charge in [-0.15, -0.1) is 0 Å². The maximum atomic E-state index is 12.3. The van der Waals surface area contributed by atoms with Crippen LogP contribution in [0.25, 0.3) is 0 Å². The fraction of sp³-hybridized carbons (Fsp3) is 0.562. The van der Waals surface area contributed by atoms with E-state index in [-0.39, 0.29) is 18.0 Å². The highest BCUT2D eigenvalue weighted by Gasteiger charge is 2.28. The summed E-state index contributed by atoms with van der Waals surface area (Å²) >= 11 is 0. The van der Waals surface area contributed by atoms with E-state index in [1.54, 1.807) is 0 Å². The summed E-state index contributed by atoms with van der Waals surface area (Å²) in [6.07, 6.45) is 3.83. The lowest BCUT2D eigenvalue weighted by atomic mass is 9.96. The second-order valence-electron chi connectivity index (χ2n) is 5.54. The molecule has 0 spiro atoms. The molecule has 2 aliphatic rings. The van der Waals surface area contributed by atoms with Crippen molar-refractivity contribution in [1.29, 1.82) is 0 Å². The van der Waals surface area contributed by atoms with Crippen LogP contribution < -0.4 is 15.4 Å². The number of aryl methyl sites for hydroxylation is 1. The highest BCUT2D eigenvalue weighted by atomic mass is 16.5. The molecule has 108 valence electrons. The molecule has 2 unspecified atom stereocenters. The largest absolute Gasteiger partial charge is 0.493 e.